The minimum absolute atomic E-state index is 0.0749. The predicted octanol–water partition coefficient (Wildman–Crippen LogP) is 3.60. The molecule has 1 unspecified atom stereocenters. The summed E-state index contributed by atoms with van der Waals surface area (Å²) in [6.45, 7) is 0. The van der Waals surface area contributed by atoms with Crippen LogP contribution in [0.2, 0.25) is 0 Å². The van der Waals surface area contributed by atoms with Crippen LogP contribution in [0.5, 0.6) is 11.5 Å². The molecule has 7 heteroatoms. The highest BCUT2D eigenvalue weighted by atomic mass is 19.1. The smallest absolute Gasteiger partial charge is 0.276 e. The lowest BCUT2D eigenvalue weighted by Gasteiger charge is -2.12. The number of nitrogens with zero attached hydrogens (tertiary/aromatic N) is 2. The quantitative estimate of drug-likeness (QED) is 0.597. The van der Waals surface area contributed by atoms with E-state index >= 15 is 0 Å². The van der Waals surface area contributed by atoms with Gasteiger partial charge in [-0.15, -0.1) is 0 Å². The Bertz CT molecular complexity index is 802. The van der Waals surface area contributed by atoms with Crippen molar-refractivity contribution in [3.8, 4) is 17.6 Å². The molecule has 0 saturated heterocycles. The lowest BCUT2D eigenvalue weighted by Crippen LogP contribution is -2.04. The number of nitro groups is 1. The molecule has 6 nitrogen and oxygen atoms in total. The van der Waals surface area contributed by atoms with E-state index < -0.39 is 16.7 Å². The van der Waals surface area contributed by atoms with Crippen molar-refractivity contribution in [3.63, 3.8) is 0 Å². The molecule has 2 aromatic rings. The van der Waals surface area contributed by atoms with E-state index in [1.54, 1.807) is 18.2 Å². The van der Waals surface area contributed by atoms with Gasteiger partial charge >= 0.3 is 0 Å². The van der Waals surface area contributed by atoms with Gasteiger partial charge in [0.15, 0.2) is 11.6 Å². The van der Waals surface area contributed by atoms with Gasteiger partial charge in [-0.3, -0.25) is 10.1 Å². The molecule has 0 heterocycles. The van der Waals surface area contributed by atoms with Crippen molar-refractivity contribution >= 4 is 5.69 Å². The van der Waals surface area contributed by atoms with E-state index in [1.165, 1.54) is 32.4 Å². The van der Waals surface area contributed by atoms with Gasteiger partial charge in [-0.2, -0.15) is 5.26 Å². The van der Waals surface area contributed by atoms with Crippen molar-refractivity contribution in [2.75, 3.05) is 14.2 Å². The van der Waals surface area contributed by atoms with Crippen LogP contribution in [-0.4, -0.2) is 19.1 Å². The Labute approximate surface area is 138 Å². The monoisotopic (exact) mass is 330 g/mol. The summed E-state index contributed by atoms with van der Waals surface area (Å²) in [5.74, 6) is -0.878. The van der Waals surface area contributed by atoms with E-state index in [2.05, 4.69) is 6.07 Å². The number of nitriles is 1. The minimum atomic E-state index is -0.725. The molecule has 0 bridgehead atoms. The fourth-order valence-corrected chi connectivity index (χ4v) is 2.37. The number of ether oxygens (including phenoxy) is 2. The lowest BCUT2D eigenvalue weighted by molar-refractivity contribution is -0.385. The Kier molecular flexibility index (Phi) is 5.32. The van der Waals surface area contributed by atoms with Gasteiger partial charge in [0.1, 0.15) is 5.75 Å². The maximum atomic E-state index is 13.8. The SMILES string of the molecule is COc1ccc(CC(C#N)c2ccc(OC)c(F)c2)c([N+](=O)[O-])c1. The van der Waals surface area contributed by atoms with Gasteiger partial charge in [-0.25, -0.2) is 4.39 Å². The normalized spacial score (nSPS) is 11.4. The van der Waals surface area contributed by atoms with E-state index in [4.69, 9.17) is 9.47 Å². The number of benzene rings is 2. The average molecular weight is 330 g/mol. The third-order valence-corrected chi connectivity index (χ3v) is 3.65. The third kappa shape index (κ3) is 3.60. The molecule has 1 atom stereocenters. The molecule has 0 aliphatic heterocycles. The van der Waals surface area contributed by atoms with Crippen molar-refractivity contribution in [2.24, 2.45) is 0 Å². The summed E-state index contributed by atoms with van der Waals surface area (Å²) in [4.78, 5) is 10.7. The molecular weight excluding hydrogens is 315 g/mol. The fraction of sp³-hybridized carbons (Fsp3) is 0.235. The molecule has 0 amide bonds. The summed E-state index contributed by atoms with van der Waals surface area (Å²) in [5.41, 5.74) is 0.674. The summed E-state index contributed by atoms with van der Waals surface area (Å²) in [5, 5.41) is 20.6. The van der Waals surface area contributed by atoms with Crippen LogP contribution < -0.4 is 9.47 Å². The summed E-state index contributed by atoms with van der Waals surface area (Å²) in [6, 6.07) is 10.7. The molecular formula is C17H15FN2O4. The molecule has 0 saturated carbocycles. The van der Waals surface area contributed by atoms with E-state index in [1.807, 2.05) is 0 Å². The number of rotatable bonds is 6. The molecule has 0 fully saturated rings. The van der Waals surface area contributed by atoms with Crippen molar-refractivity contribution < 1.29 is 18.8 Å². The third-order valence-electron chi connectivity index (χ3n) is 3.65. The van der Waals surface area contributed by atoms with E-state index in [9.17, 15) is 19.8 Å². The van der Waals surface area contributed by atoms with E-state index in [0.29, 0.717) is 16.9 Å². The second-order valence-corrected chi connectivity index (χ2v) is 5.03. The maximum Gasteiger partial charge on any atom is 0.276 e. The molecule has 0 aliphatic carbocycles. The Balaban J connectivity index is 2.36. The van der Waals surface area contributed by atoms with Gasteiger partial charge in [-0.1, -0.05) is 6.07 Å². The van der Waals surface area contributed by atoms with E-state index in [-0.39, 0.29) is 17.9 Å². The number of nitro benzene ring substituents is 1. The molecule has 0 aromatic heterocycles. The van der Waals surface area contributed by atoms with Gasteiger partial charge in [0.05, 0.1) is 37.2 Å². The highest BCUT2D eigenvalue weighted by Crippen LogP contribution is 2.31. The zero-order chi connectivity index (χ0) is 17.7. The Morgan fingerprint density at radius 1 is 1.25 bits per heavy atom. The molecule has 124 valence electrons. The van der Waals surface area contributed by atoms with Crippen LogP contribution in [0.25, 0.3) is 0 Å². The van der Waals surface area contributed by atoms with Gasteiger partial charge in [-0.05, 0) is 36.2 Å². The summed E-state index contributed by atoms with van der Waals surface area (Å²) in [6.07, 6.45) is 0.0859. The molecule has 0 spiro atoms. The molecule has 0 aliphatic rings. The first kappa shape index (κ1) is 17.2. The predicted molar refractivity (Wildman–Crippen MR) is 84.7 cm³/mol. The number of methoxy groups -OCH3 is 2. The van der Waals surface area contributed by atoms with Crippen molar-refractivity contribution in [1.82, 2.24) is 0 Å². The summed E-state index contributed by atoms with van der Waals surface area (Å²) in [7, 11) is 2.76. The van der Waals surface area contributed by atoms with Gasteiger partial charge in [0.2, 0.25) is 0 Å². The standard InChI is InChI=1S/C17H15FN2O4/c1-23-14-5-3-12(16(9-14)20(21)22)7-13(10-19)11-4-6-17(24-2)15(18)8-11/h3-6,8-9,13H,7H2,1-2H3. The van der Waals surface area contributed by atoms with Crippen LogP contribution in [0.15, 0.2) is 36.4 Å². The zero-order valence-corrected chi connectivity index (χ0v) is 13.2. The Morgan fingerprint density at radius 2 is 2.00 bits per heavy atom. The van der Waals surface area contributed by atoms with Crippen LogP contribution >= 0.6 is 0 Å². The summed E-state index contributed by atoms with van der Waals surface area (Å²) >= 11 is 0. The molecule has 24 heavy (non-hydrogen) atoms. The van der Waals surface area contributed by atoms with Crippen LogP contribution in [0.1, 0.15) is 17.0 Å². The largest absolute Gasteiger partial charge is 0.497 e. The first-order valence-corrected chi connectivity index (χ1v) is 7.04. The Morgan fingerprint density at radius 3 is 2.54 bits per heavy atom. The van der Waals surface area contributed by atoms with Gasteiger partial charge in [0.25, 0.3) is 5.69 Å². The maximum absolute atomic E-state index is 13.8. The second kappa shape index (κ2) is 7.42. The van der Waals surface area contributed by atoms with Crippen LogP contribution in [0.4, 0.5) is 10.1 Å². The van der Waals surface area contributed by atoms with Crippen molar-refractivity contribution in [2.45, 2.75) is 12.3 Å². The van der Waals surface area contributed by atoms with Gasteiger partial charge < -0.3 is 9.47 Å². The molecule has 0 N–H and O–H groups in total. The van der Waals surface area contributed by atoms with Crippen molar-refractivity contribution in [3.05, 3.63) is 63.5 Å². The topological polar surface area (TPSA) is 85.4 Å². The Hall–Kier alpha value is -3.14. The first-order chi connectivity index (χ1) is 11.5. The zero-order valence-electron chi connectivity index (χ0n) is 13.2. The number of hydrogen-bond donors (Lipinski definition) is 0. The summed E-state index contributed by atoms with van der Waals surface area (Å²) < 4.78 is 23.7. The fourth-order valence-electron chi connectivity index (χ4n) is 2.37. The minimum Gasteiger partial charge on any atom is -0.497 e. The number of hydrogen-bond acceptors (Lipinski definition) is 5. The number of halogens is 1. The van der Waals surface area contributed by atoms with Crippen LogP contribution in [0.3, 0.4) is 0 Å². The average Bonchev–Trinajstić information content (AvgIpc) is 2.59. The molecule has 2 rings (SSSR count). The molecule has 0 radical (unpaired) electrons. The van der Waals surface area contributed by atoms with E-state index in [0.717, 1.165) is 0 Å². The highest BCUT2D eigenvalue weighted by molar-refractivity contribution is 5.47. The van der Waals surface area contributed by atoms with Crippen molar-refractivity contribution in [1.29, 1.82) is 5.26 Å². The first-order valence-electron chi connectivity index (χ1n) is 7.04. The molecule has 2 aromatic carbocycles. The van der Waals surface area contributed by atoms with Crippen LogP contribution in [0, 0.1) is 27.3 Å². The van der Waals surface area contributed by atoms with Gasteiger partial charge in [0, 0.05) is 5.56 Å². The van der Waals surface area contributed by atoms with Crippen LogP contribution in [-0.2, 0) is 6.42 Å². The highest BCUT2D eigenvalue weighted by Gasteiger charge is 2.21. The second-order valence-electron chi connectivity index (χ2n) is 5.03. The lowest BCUT2D eigenvalue weighted by atomic mass is 9.92.